The van der Waals surface area contributed by atoms with Crippen molar-refractivity contribution in [1.29, 1.82) is 0 Å². The molecule has 0 radical (unpaired) electrons. The summed E-state index contributed by atoms with van der Waals surface area (Å²) in [5.41, 5.74) is 7.25. The number of aromatic nitrogens is 2. The molecule has 4 nitrogen and oxygen atoms in total. The molecule has 0 fully saturated rings. The molecule has 1 heterocycles. The van der Waals surface area contributed by atoms with Crippen molar-refractivity contribution in [3.05, 3.63) is 30.1 Å². The maximum atomic E-state index is 12.4. The van der Waals surface area contributed by atoms with Gasteiger partial charge in [0.25, 0.3) is 0 Å². The number of carbonyl (C=O) groups excluding carboxylic acids is 1. The van der Waals surface area contributed by atoms with Crippen molar-refractivity contribution >= 4 is 16.8 Å². The fraction of sp³-hybridized carbons (Fsp3) is 0.500. The maximum absolute atomic E-state index is 12.4. The standard InChI is InChI=1S/C16H23N3O/c1-4-9-19-13-8-6-5-7-12(13)18-15(19)10-14(20)16(2,3)11-17/h5-8H,4,9-11,17H2,1-3H3. The highest BCUT2D eigenvalue weighted by molar-refractivity contribution is 5.87. The molecule has 0 aliphatic heterocycles. The van der Waals surface area contributed by atoms with Gasteiger partial charge in [0.2, 0.25) is 0 Å². The van der Waals surface area contributed by atoms with Gasteiger partial charge in [0.05, 0.1) is 17.5 Å². The van der Waals surface area contributed by atoms with E-state index in [1.165, 1.54) is 0 Å². The third-order valence-corrected chi connectivity index (χ3v) is 3.76. The van der Waals surface area contributed by atoms with Gasteiger partial charge in [0, 0.05) is 18.5 Å². The van der Waals surface area contributed by atoms with Crippen LogP contribution in [0.15, 0.2) is 24.3 Å². The van der Waals surface area contributed by atoms with E-state index in [1.54, 1.807) is 0 Å². The molecule has 0 saturated heterocycles. The number of hydrogen-bond acceptors (Lipinski definition) is 3. The zero-order valence-corrected chi connectivity index (χ0v) is 12.5. The molecule has 0 aliphatic carbocycles. The first-order valence-corrected chi connectivity index (χ1v) is 7.17. The van der Waals surface area contributed by atoms with E-state index in [-0.39, 0.29) is 5.78 Å². The predicted octanol–water partition coefficient (Wildman–Crippen LogP) is 2.54. The maximum Gasteiger partial charge on any atom is 0.147 e. The molecule has 1 aromatic carbocycles. The Hall–Kier alpha value is -1.68. The Morgan fingerprint density at radius 3 is 2.70 bits per heavy atom. The lowest BCUT2D eigenvalue weighted by Crippen LogP contribution is -2.34. The molecule has 2 N–H and O–H groups in total. The predicted molar refractivity (Wildman–Crippen MR) is 81.6 cm³/mol. The third kappa shape index (κ3) is 2.75. The van der Waals surface area contributed by atoms with Crippen molar-refractivity contribution in [3.63, 3.8) is 0 Å². The lowest BCUT2D eigenvalue weighted by Gasteiger charge is -2.20. The topological polar surface area (TPSA) is 60.9 Å². The first-order valence-electron chi connectivity index (χ1n) is 7.17. The van der Waals surface area contributed by atoms with Gasteiger partial charge in [-0.2, -0.15) is 0 Å². The first-order chi connectivity index (χ1) is 9.49. The zero-order chi connectivity index (χ0) is 14.8. The molecule has 0 aliphatic rings. The van der Waals surface area contributed by atoms with Crippen molar-refractivity contribution < 1.29 is 4.79 Å². The van der Waals surface area contributed by atoms with Crippen LogP contribution in [-0.4, -0.2) is 21.9 Å². The Bertz CT molecular complexity index is 613. The molecule has 108 valence electrons. The van der Waals surface area contributed by atoms with Crippen LogP contribution in [0.2, 0.25) is 0 Å². The Morgan fingerprint density at radius 1 is 1.35 bits per heavy atom. The number of Topliss-reactive ketones (excluding diaryl/α,β-unsaturated/α-hetero) is 1. The van der Waals surface area contributed by atoms with E-state index < -0.39 is 5.41 Å². The molecule has 0 amide bonds. The van der Waals surface area contributed by atoms with Crippen LogP contribution in [0, 0.1) is 5.41 Å². The molecular weight excluding hydrogens is 250 g/mol. The van der Waals surface area contributed by atoms with Crippen molar-refractivity contribution in [2.24, 2.45) is 11.1 Å². The second kappa shape index (κ2) is 5.75. The summed E-state index contributed by atoms with van der Waals surface area (Å²) in [6.45, 7) is 7.15. The van der Waals surface area contributed by atoms with Crippen LogP contribution in [0.25, 0.3) is 11.0 Å². The normalized spacial score (nSPS) is 12.0. The van der Waals surface area contributed by atoms with Gasteiger partial charge in [-0.25, -0.2) is 4.98 Å². The van der Waals surface area contributed by atoms with Gasteiger partial charge in [-0.3, -0.25) is 4.79 Å². The van der Waals surface area contributed by atoms with E-state index >= 15 is 0 Å². The lowest BCUT2D eigenvalue weighted by atomic mass is 9.86. The fourth-order valence-corrected chi connectivity index (χ4v) is 2.23. The number of aryl methyl sites for hydroxylation is 1. The first kappa shape index (κ1) is 14.7. The number of fused-ring (bicyclic) bond motifs is 1. The SMILES string of the molecule is CCCn1c(CC(=O)C(C)(C)CN)nc2ccccc21. The van der Waals surface area contributed by atoms with Gasteiger partial charge in [-0.15, -0.1) is 0 Å². The highest BCUT2D eigenvalue weighted by atomic mass is 16.1. The molecule has 1 aromatic heterocycles. The number of benzene rings is 1. The van der Waals surface area contributed by atoms with Crippen LogP contribution >= 0.6 is 0 Å². The molecule has 2 rings (SSSR count). The Morgan fingerprint density at radius 2 is 2.05 bits per heavy atom. The number of nitrogens with zero attached hydrogens (tertiary/aromatic N) is 2. The van der Waals surface area contributed by atoms with E-state index in [4.69, 9.17) is 5.73 Å². The summed E-state index contributed by atoms with van der Waals surface area (Å²) in [4.78, 5) is 17.0. The van der Waals surface area contributed by atoms with Crippen LogP contribution in [0.3, 0.4) is 0 Å². The largest absolute Gasteiger partial charge is 0.329 e. The van der Waals surface area contributed by atoms with E-state index in [0.29, 0.717) is 13.0 Å². The summed E-state index contributed by atoms with van der Waals surface area (Å²) < 4.78 is 2.15. The minimum Gasteiger partial charge on any atom is -0.329 e. The highest BCUT2D eigenvalue weighted by Gasteiger charge is 2.27. The third-order valence-electron chi connectivity index (χ3n) is 3.76. The van der Waals surface area contributed by atoms with Gasteiger partial charge >= 0.3 is 0 Å². The van der Waals surface area contributed by atoms with Crippen LogP contribution in [0.1, 0.15) is 33.0 Å². The Balaban J connectivity index is 2.38. The van der Waals surface area contributed by atoms with Crippen molar-refractivity contribution in [2.45, 2.75) is 40.2 Å². The van der Waals surface area contributed by atoms with Crippen molar-refractivity contribution in [2.75, 3.05) is 6.54 Å². The number of hydrogen-bond donors (Lipinski definition) is 1. The number of ketones is 1. The van der Waals surface area contributed by atoms with Crippen LogP contribution in [-0.2, 0) is 17.8 Å². The number of rotatable bonds is 6. The fourth-order valence-electron chi connectivity index (χ4n) is 2.23. The quantitative estimate of drug-likeness (QED) is 0.879. The summed E-state index contributed by atoms with van der Waals surface area (Å²) in [5.74, 6) is 0.993. The average Bonchev–Trinajstić information content (AvgIpc) is 2.77. The summed E-state index contributed by atoms with van der Waals surface area (Å²) in [6, 6.07) is 8.02. The molecular formula is C16H23N3O. The van der Waals surface area contributed by atoms with Crippen LogP contribution in [0.4, 0.5) is 0 Å². The van der Waals surface area contributed by atoms with Gasteiger partial charge in [0.1, 0.15) is 11.6 Å². The van der Waals surface area contributed by atoms with Crippen LogP contribution in [0.5, 0.6) is 0 Å². The van der Waals surface area contributed by atoms with E-state index in [9.17, 15) is 4.79 Å². The van der Waals surface area contributed by atoms with Crippen LogP contribution < -0.4 is 5.73 Å². The van der Waals surface area contributed by atoms with Gasteiger partial charge in [-0.05, 0) is 18.6 Å². The number of para-hydroxylation sites is 2. The molecule has 20 heavy (non-hydrogen) atoms. The number of nitrogens with two attached hydrogens (primary N) is 1. The molecule has 2 aromatic rings. The summed E-state index contributed by atoms with van der Waals surface area (Å²) >= 11 is 0. The molecule has 0 saturated carbocycles. The second-order valence-corrected chi connectivity index (χ2v) is 5.86. The average molecular weight is 273 g/mol. The molecule has 0 unspecified atom stereocenters. The van der Waals surface area contributed by atoms with E-state index in [1.807, 2.05) is 32.0 Å². The van der Waals surface area contributed by atoms with E-state index in [0.717, 1.165) is 29.8 Å². The monoisotopic (exact) mass is 273 g/mol. The van der Waals surface area contributed by atoms with E-state index in [2.05, 4.69) is 22.5 Å². The molecule has 0 bridgehead atoms. The number of carbonyl (C=O) groups is 1. The summed E-state index contributed by atoms with van der Waals surface area (Å²) in [6.07, 6.45) is 1.36. The summed E-state index contributed by atoms with van der Waals surface area (Å²) in [5, 5.41) is 0. The Labute approximate surface area is 120 Å². The van der Waals surface area contributed by atoms with Gasteiger partial charge < -0.3 is 10.3 Å². The molecule has 0 atom stereocenters. The minimum absolute atomic E-state index is 0.146. The zero-order valence-electron chi connectivity index (χ0n) is 12.5. The van der Waals surface area contributed by atoms with Crippen molar-refractivity contribution in [3.8, 4) is 0 Å². The smallest absolute Gasteiger partial charge is 0.147 e. The molecule has 0 spiro atoms. The van der Waals surface area contributed by atoms with Crippen molar-refractivity contribution in [1.82, 2.24) is 9.55 Å². The van der Waals surface area contributed by atoms with Gasteiger partial charge in [-0.1, -0.05) is 32.9 Å². The Kier molecular flexibility index (Phi) is 4.23. The van der Waals surface area contributed by atoms with Gasteiger partial charge in [0.15, 0.2) is 0 Å². The minimum atomic E-state index is -0.491. The number of imidazole rings is 1. The second-order valence-electron chi connectivity index (χ2n) is 5.86. The highest BCUT2D eigenvalue weighted by Crippen LogP contribution is 2.21. The lowest BCUT2D eigenvalue weighted by molar-refractivity contribution is -0.126. The summed E-state index contributed by atoms with van der Waals surface area (Å²) in [7, 11) is 0. The molecule has 4 heteroatoms.